The summed E-state index contributed by atoms with van der Waals surface area (Å²) in [5, 5.41) is 0.746. The highest BCUT2D eigenvalue weighted by atomic mass is 35.5. The molecule has 0 unspecified atom stereocenters. The van der Waals surface area contributed by atoms with Crippen LogP contribution in [0, 0.1) is 0 Å². The van der Waals surface area contributed by atoms with Crippen LogP contribution >= 0.6 is 23.4 Å². The van der Waals surface area contributed by atoms with Crippen molar-refractivity contribution in [2.45, 2.75) is 18.5 Å². The quantitative estimate of drug-likeness (QED) is 0.758. The molecule has 0 saturated carbocycles. The SMILES string of the molecule is CCCSc1nc(N)nc(Cl)n1. The number of nitrogen functional groups attached to an aromatic ring is 1. The fourth-order valence-corrected chi connectivity index (χ4v) is 1.52. The number of hydrogen-bond donors (Lipinski definition) is 1. The van der Waals surface area contributed by atoms with E-state index in [1.54, 1.807) is 0 Å². The molecule has 0 spiro atoms. The number of rotatable bonds is 3. The third kappa shape index (κ3) is 2.83. The van der Waals surface area contributed by atoms with E-state index in [0.717, 1.165) is 12.2 Å². The normalized spacial score (nSPS) is 10.2. The fraction of sp³-hybridized carbons (Fsp3) is 0.500. The maximum atomic E-state index is 5.57. The average molecular weight is 205 g/mol. The van der Waals surface area contributed by atoms with E-state index in [1.165, 1.54) is 11.8 Å². The lowest BCUT2D eigenvalue weighted by molar-refractivity contribution is 0.914. The molecule has 1 heterocycles. The van der Waals surface area contributed by atoms with Gasteiger partial charge in [0.1, 0.15) is 0 Å². The third-order valence-corrected chi connectivity index (χ3v) is 2.26. The van der Waals surface area contributed by atoms with E-state index in [9.17, 15) is 0 Å². The van der Waals surface area contributed by atoms with Crippen molar-refractivity contribution in [1.29, 1.82) is 0 Å². The Morgan fingerprint density at radius 1 is 1.42 bits per heavy atom. The molecule has 0 aromatic carbocycles. The molecule has 0 saturated heterocycles. The summed E-state index contributed by atoms with van der Waals surface area (Å²) < 4.78 is 0. The number of halogens is 1. The van der Waals surface area contributed by atoms with Crippen molar-refractivity contribution in [2.24, 2.45) is 0 Å². The lowest BCUT2D eigenvalue weighted by Crippen LogP contribution is -1.99. The van der Waals surface area contributed by atoms with Gasteiger partial charge in [0.05, 0.1) is 0 Å². The Bertz CT molecular complexity index is 247. The predicted octanol–water partition coefficient (Wildman–Crippen LogP) is 1.61. The Labute approximate surface area is 80.0 Å². The van der Waals surface area contributed by atoms with Gasteiger partial charge in [-0.05, 0) is 18.0 Å². The van der Waals surface area contributed by atoms with Gasteiger partial charge in [-0.3, -0.25) is 0 Å². The minimum absolute atomic E-state index is 0.154. The third-order valence-electron chi connectivity index (χ3n) is 1.04. The monoisotopic (exact) mass is 204 g/mol. The minimum Gasteiger partial charge on any atom is -0.368 e. The van der Waals surface area contributed by atoms with E-state index < -0.39 is 0 Å². The van der Waals surface area contributed by atoms with Gasteiger partial charge in [0.25, 0.3) is 0 Å². The first-order valence-electron chi connectivity index (χ1n) is 3.52. The molecule has 0 radical (unpaired) electrons. The van der Waals surface area contributed by atoms with Crippen molar-refractivity contribution in [1.82, 2.24) is 15.0 Å². The molecule has 0 bridgehead atoms. The first-order valence-corrected chi connectivity index (χ1v) is 4.88. The molecule has 0 aliphatic heterocycles. The van der Waals surface area contributed by atoms with E-state index in [4.69, 9.17) is 17.3 Å². The molecule has 0 amide bonds. The molecule has 1 aromatic rings. The van der Waals surface area contributed by atoms with Crippen molar-refractivity contribution in [2.75, 3.05) is 11.5 Å². The Morgan fingerprint density at radius 2 is 2.17 bits per heavy atom. The van der Waals surface area contributed by atoms with Crippen molar-refractivity contribution < 1.29 is 0 Å². The van der Waals surface area contributed by atoms with E-state index in [-0.39, 0.29) is 11.2 Å². The van der Waals surface area contributed by atoms with Crippen LogP contribution in [0.2, 0.25) is 5.28 Å². The Balaban J connectivity index is 2.72. The summed E-state index contributed by atoms with van der Waals surface area (Å²) in [4.78, 5) is 11.5. The topological polar surface area (TPSA) is 64.7 Å². The van der Waals surface area contributed by atoms with Crippen LogP contribution in [-0.4, -0.2) is 20.7 Å². The zero-order chi connectivity index (χ0) is 8.97. The molecule has 2 N–H and O–H groups in total. The first-order chi connectivity index (χ1) is 5.72. The lowest BCUT2D eigenvalue weighted by atomic mass is 10.6. The van der Waals surface area contributed by atoms with Gasteiger partial charge in [-0.1, -0.05) is 18.7 Å². The molecule has 0 fully saturated rings. The van der Waals surface area contributed by atoms with Gasteiger partial charge in [0.2, 0.25) is 11.2 Å². The van der Waals surface area contributed by atoms with E-state index in [1.807, 2.05) is 0 Å². The number of nitrogens with zero attached hydrogens (tertiary/aromatic N) is 3. The summed E-state index contributed by atoms with van der Waals surface area (Å²) in [7, 11) is 0. The standard InChI is InChI=1S/C6H9ClN4S/c1-2-3-12-6-10-4(7)9-5(8)11-6/h2-3H2,1H3,(H2,8,9,10,11). The molecular weight excluding hydrogens is 196 g/mol. The van der Waals surface area contributed by atoms with Crippen LogP contribution < -0.4 is 5.73 Å². The number of anilines is 1. The molecule has 12 heavy (non-hydrogen) atoms. The Morgan fingerprint density at radius 3 is 2.75 bits per heavy atom. The second kappa shape index (κ2) is 4.47. The van der Waals surface area contributed by atoms with Crippen LogP contribution in [0.3, 0.4) is 0 Å². The molecular formula is C6H9ClN4S. The smallest absolute Gasteiger partial charge is 0.228 e. The maximum Gasteiger partial charge on any atom is 0.228 e. The minimum atomic E-state index is 0.154. The second-order valence-corrected chi connectivity index (χ2v) is 3.49. The lowest BCUT2D eigenvalue weighted by Gasteiger charge is -1.98. The largest absolute Gasteiger partial charge is 0.368 e. The van der Waals surface area contributed by atoms with Crippen LogP contribution in [0.5, 0.6) is 0 Å². The van der Waals surface area contributed by atoms with Crippen LogP contribution in [0.15, 0.2) is 5.16 Å². The summed E-state index contributed by atoms with van der Waals surface area (Å²) in [5.41, 5.74) is 5.37. The summed E-state index contributed by atoms with van der Waals surface area (Å²) in [5.74, 6) is 1.13. The Hall–Kier alpha value is -0.550. The number of hydrogen-bond acceptors (Lipinski definition) is 5. The zero-order valence-corrected chi connectivity index (χ0v) is 8.19. The van der Waals surface area contributed by atoms with Crippen LogP contribution in [0.25, 0.3) is 0 Å². The molecule has 6 heteroatoms. The van der Waals surface area contributed by atoms with Crippen LogP contribution in [0.1, 0.15) is 13.3 Å². The van der Waals surface area contributed by atoms with Gasteiger partial charge in [-0.2, -0.15) is 15.0 Å². The van der Waals surface area contributed by atoms with Crippen LogP contribution in [-0.2, 0) is 0 Å². The fourth-order valence-electron chi connectivity index (χ4n) is 0.604. The van der Waals surface area contributed by atoms with Gasteiger partial charge < -0.3 is 5.73 Å². The zero-order valence-electron chi connectivity index (χ0n) is 6.62. The highest BCUT2D eigenvalue weighted by Gasteiger charge is 2.01. The van der Waals surface area contributed by atoms with Crippen molar-refractivity contribution >= 4 is 29.3 Å². The average Bonchev–Trinajstić information content (AvgIpc) is 1.99. The summed E-state index contributed by atoms with van der Waals surface area (Å²) in [6.07, 6.45) is 1.06. The molecule has 4 nitrogen and oxygen atoms in total. The first kappa shape index (κ1) is 9.54. The molecule has 1 rings (SSSR count). The molecule has 66 valence electrons. The van der Waals surface area contributed by atoms with Crippen LogP contribution in [0.4, 0.5) is 5.95 Å². The Kier molecular flexibility index (Phi) is 3.55. The predicted molar refractivity (Wildman–Crippen MR) is 50.3 cm³/mol. The van der Waals surface area contributed by atoms with Gasteiger partial charge in [-0.15, -0.1) is 0 Å². The number of nitrogens with two attached hydrogens (primary N) is 1. The van der Waals surface area contributed by atoms with E-state index in [2.05, 4.69) is 21.9 Å². The van der Waals surface area contributed by atoms with Gasteiger partial charge in [-0.25, -0.2) is 0 Å². The summed E-state index contributed by atoms with van der Waals surface area (Å²) >= 11 is 7.10. The van der Waals surface area contributed by atoms with Gasteiger partial charge >= 0.3 is 0 Å². The molecule has 0 aliphatic carbocycles. The summed E-state index contributed by atoms with van der Waals surface area (Å²) in [6, 6.07) is 0. The molecule has 0 atom stereocenters. The number of aromatic nitrogens is 3. The van der Waals surface area contributed by atoms with E-state index >= 15 is 0 Å². The van der Waals surface area contributed by atoms with Crippen molar-refractivity contribution in [3.05, 3.63) is 5.28 Å². The highest BCUT2D eigenvalue weighted by Crippen LogP contribution is 2.15. The van der Waals surface area contributed by atoms with Crippen molar-refractivity contribution in [3.63, 3.8) is 0 Å². The molecule has 0 aliphatic rings. The van der Waals surface area contributed by atoms with E-state index in [0.29, 0.717) is 5.16 Å². The van der Waals surface area contributed by atoms with Gasteiger partial charge in [0, 0.05) is 5.75 Å². The highest BCUT2D eigenvalue weighted by molar-refractivity contribution is 7.99. The maximum absolute atomic E-state index is 5.57. The number of thioether (sulfide) groups is 1. The second-order valence-electron chi connectivity index (χ2n) is 2.09. The van der Waals surface area contributed by atoms with Gasteiger partial charge in [0.15, 0.2) is 5.16 Å². The summed E-state index contributed by atoms with van der Waals surface area (Å²) in [6.45, 7) is 2.08. The van der Waals surface area contributed by atoms with Crippen molar-refractivity contribution in [3.8, 4) is 0 Å². The molecule has 1 aromatic heterocycles.